The van der Waals surface area contributed by atoms with Crippen molar-refractivity contribution in [1.29, 1.82) is 0 Å². The molecular formula is C32H26ClF2N7O5S2. The molecule has 2 aromatic carbocycles. The Bertz CT molecular complexity index is 2040. The second-order valence-corrected chi connectivity index (χ2v) is 13.5. The van der Waals surface area contributed by atoms with E-state index in [9.17, 15) is 23.2 Å². The van der Waals surface area contributed by atoms with E-state index in [1.165, 1.54) is 60.1 Å². The number of hydrogen-bond donors (Lipinski definition) is 2. The molecule has 2 N–H and O–H groups in total. The number of rotatable bonds is 8. The minimum absolute atomic E-state index is 0.110. The summed E-state index contributed by atoms with van der Waals surface area (Å²) in [6.07, 6.45) is 1.64. The normalized spacial score (nSPS) is 19.5. The van der Waals surface area contributed by atoms with E-state index >= 15 is 0 Å². The maximum atomic E-state index is 14.7. The number of carbonyl (C=O) groups excluding carboxylic acids is 2. The van der Waals surface area contributed by atoms with E-state index in [4.69, 9.17) is 26.4 Å². The Morgan fingerprint density at radius 3 is 2.69 bits per heavy atom. The van der Waals surface area contributed by atoms with Crippen LogP contribution in [-0.2, 0) is 9.53 Å². The van der Waals surface area contributed by atoms with E-state index in [1.807, 2.05) is 0 Å². The van der Waals surface area contributed by atoms with Gasteiger partial charge in [0.15, 0.2) is 16.0 Å². The van der Waals surface area contributed by atoms with Gasteiger partial charge in [0, 0.05) is 65.0 Å². The lowest BCUT2D eigenvalue weighted by molar-refractivity contribution is -0.136. The monoisotopic (exact) mass is 725 g/mol. The Balaban J connectivity index is 1.13. The zero-order valence-electron chi connectivity index (χ0n) is 25.6. The Morgan fingerprint density at radius 1 is 1.14 bits per heavy atom. The number of aromatic carboxylic acids is 1. The molecule has 3 aliphatic heterocycles. The topological polar surface area (TPSA) is 141 Å². The number of nitrogens with one attached hydrogen (secondary N) is 1. The number of halogens is 3. The number of carboxylic acids is 1. The largest absolute Gasteiger partial charge is 0.478 e. The number of carbonyl (C=O) groups is 3. The molecule has 2 atom stereocenters. The number of urea groups is 1. The second kappa shape index (κ2) is 13.3. The van der Waals surface area contributed by atoms with Gasteiger partial charge in [-0.05, 0) is 30.3 Å². The summed E-state index contributed by atoms with van der Waals surface area (Å²) in [6.45, 7) is 1.97. The number of aliphatic imine (C=N–C) groups is 1. The smallest absolute Gasteiger partial charge is 0.338 e. The first-order valence-electron chi connectivity index (χ1n) is 14.9. The summed E-state index contributed by atoms with van der Waals surface area (Å²) in [7, 11) is 1.28. The Hall–Kier alpha value is -4.77. The third kappa shape index (κ3) is 6.27. The molecule has 4 aromatic rings. The van der Waals surface area contributed by atoms with E-state index < -0.39 is 29.6 Å². The van der Waals surface area contributed by atoms with E-state index in [-0.39, 0.29) is 40.3 Å². The molecule has 0 saturated carbocycles. The number of amidine groups is 1. The molecule has 2 fully saturated rings. The standard InChI is InChI=1S/C32H26ClF2N7O5S2/c1-47-30(45)25-23(37-27(28-36-6-9-48-28)39-26(25)19-5-3-17(34)11-21(19)33)14-40-7-8-41-18(12-40)13-42(32(41)46)31-38-24(15-49-31)20-4-2-16(29(43)44)10-22(20)35/h2-6,9-11,15,18,26H,7-8,12-14H2,1H3,(H,37,39)(H,43,44). The van der Waals surface area contributed by atoms with Crippen LogP contribution >= 0.6 is 34.3 Å². The zero-order chi connectivity index (χ0) is 34.4. The maximum Gasteiger partial charge on any atom is 0.338 e. The summed E-state index contributed by atoms with van der Waals surface area (Å²) < 4.78 is 33.9. The van der Waals surface area contributed by atoms with Gasteiger partial charge in [-0.3, -0.25) is 14.8 Å². The predicted octanol–water partition coefficient (Wildman–Crippen LogP) is 5.04. The highest BCUT2D eigenvalue weighted by molar-refractivity contribution is 7.14. The Kier molecular flexibility index (Phi) is 8.87. The molecule has 0 aliphatic carbocycles. The third-order valence-electron chi connectivity index (χ3n) is 8.46. The molecule has 0 spiro atoms. The number of hydrogen-bond acceptors (Lipinski definition) is 11. The molecule has 49 heavy (non-hydrogen) atoms. The van der Waals surface area contributed by atoms with Crippen molar-refractivity contribution < 1.29 is 33.0 Å². The SMILES string of the molecule is COC(=O)C1=C(CN2CCN3C(=O)N(c4nc(-c5ccc(C(=O)O)cc5F)cs4)CC3C2)NC(c2nccs2)=NC1c1ccc(F)cc1Cl. The Morgan fingerprint density at radius 2 is 1.98 bits per heavy atom. The lowest BCUT2D eigenvalue weighted by atomic mass is 9.95. The molecule has 2 aromatic heterocycles. The van der Waals surface area contributed by atoms with Gasteiger partial charge in [0.25, 0.3) is 0 Å². The van der Waals surface area contributed by atoms with Crippen molar-refractivity contribution in [2.75, 3.05) is 44.7 Å². The predicted molar refractivity (Wildman–Crippen MR) is 179 cm³/mol. The summed E-state index contributed by atoms with van der Waals surface area (Å²) in [5.41, 5.74) is 1.44. The highest BCUT2D eigenvalue weighted by Gasteiger charge is 2.43. The first-order chi connectivity index (χ1) is 23.6. The molecular weight excluding hydrogens is 700 g/mol. The minimum Gasteiger partial charge on any atom is -0.478 e. The van der Waals surface area contributed by atoms with E-state index in [0.717, 1.165) is 6.07 Å². The molecule has 5 heterocycles. The molecule has 12 nitrogen and oxygen atoms in total. The molecule has 2 saturated heterocycles. The van der Waals surface area contributed by atoms with Gasteiger partial charge in [0.05, 0.1) is 36.5 Å². The quantitative estimate of drug-likeness (QED) is 0.239. The van der Waals surface area contributed by atoms with Gasteiger partial charge in [-0.2, -0.15) is 0 Å². The van der Waals surface area contributed by atoms with Gasteiger partial charge in [0.1, 0.15) is 17.7 Å². The van der Waals surface area contributed by atoms with Crippen LogP contribution in [0.25, 0.3) is 11.3 Å². The fraction of sp³-hybridized carbons (Fsp3) is 0.250. The lowest BCUT2D eigenvalue weighted by Crippen LogP contribution is -2.53. The lowest BCUT2D eigenvalue weighted by Gasteiger charge is -2.38. The van der Waals surface area contributed by atoms with Crippen LogP contribution in [0.5, 0.6) is 0 Å². The van der Waals surface area contributed by atoms with Gasteiger partial charge in [-0.1, -0.05) is 17.7 Å². The van der Waals surface area contributed by atoms with Gasteiger partial charge >= 0.3 is 18.0 Å². The summed E-state index contributed by atoms with van der Waals surface area (Å²) in [6, 6.07) is 6.21. The summed E-state index contributed by atoms with van der Waals surface area (Å²) in [4.78, 5) is 57.1. The number of fused-ring (bicyclic) bond motifs is 1. The van der Waals surface area contributed by atoms with Crippen LogP contribution in [0.1, 0.15) is 27.0 Å². The highest BCUT2D eigenvalue weighted by Crippen LogP contribution is 2.38. The van der Waals surface area contributed by atoms with Gasteiger partial charge in [-0.25, -0.2) is 33.1 Å². The van der Waals surface area contributed by atoms with Crippen molar-refractivity contribution in [2.24, 2.45) is 4.99 Å². The van der Waals surface area contributed by atoms with Crippen molar-refractivity contribution in [3.05, 3.63) is 97.4 Å². The molecule has 0 radical (unpaired) electrons. The van der Waals surface area contributed by atoms with Crippen LogP contribution < -0.4 is 10.2 Å². The molecule has 17 heteroatoms. The Labute approximate surface area is 290 Å². The van der Waals surface area contributed by atoms with E-state index in [2.05, 4.69) is 20.2 Å². The molecule has 3 aliphatic rings. The first-order valence-corrected chi connectivity index (χ1v) is 17.0. The zero-order valence-corrected chi connectivity index (χ0v) is 28.0. The number of carboxylic acid groups (broad SMARTS) is 1. The van der Waals surface area contributed by atoms with Crippen LogP contribution in [-0.4, -0.2) is 94.6 Å². The number of aromatic nitrogens is 2. The van der Waals surface area contributed by atoms with Crippen LogP contribution in [0.15, 0.2) is 69.6 Å². The van der Waals surface area contributed by atoms with Crippen molar-refractivity contribution in [2.45, 2.75) is 12.1 Å². The average molecular weight is 726 g/mol. The number of ether oxygens (including phenoxy) is 1. The van der Waals surface area contributed by atoms with Crippen molar-refractivity contribution in [1.82, 2.24) is 25.1 Å². The molecule has 2 amide bonds. The first kappa shape index (κ1) is 32.8. The summed E-state index contributed by atoms with van der Waals surface area (Å²) >= 11 is 9.03. The number of methoxy groups -OCH3 is 1. The van der Waals surface area contributed by atoms with E-state index in [1.54, 1.807) is 26.8 Å². The van der Waals surface area contributed by atoms with Crippen molar-refractivity contribution >= 4 is 63.2 Å². The second-order valence-electron chi connectivity index (χ2n) is 11.4. The van der Waals surface area contributed by atoms with Crippen LogP contribution in [0.3, 0.4) is 0 Å². The molecule has 0 bridgehead atoms. The van der Waals surface area contributed by atoms with E-state index in [0.29, 0.717) is 59.1 Å². The van der Waals surface area contributed by atoms with Crippen molar-refractivity contribution in [3.8, 4) is 11.3 Å². The number of nitrogens with zero attached hydrogens (tertiary/aromatic N) is 6. The van der Waals surface area contributed by atoms with Gasteiger partial charge in [-0.15, -0.1) is 22.7 Å². The van der Waals surface area contributed by atoms with Crippen LogP contribution in [0.4, 0.5) is 18.7 Å². The van der Waals surface area contributed by atoms with Crippen molar-refractivity contribution in [3.63, 3.8) is 0 Å². The number of benzene rings is 2. The number of amides is 2. The molecule has 252 valence electrons. The molecule has 2 unspecified atom stereocenters. The maximum absolute atomic E-state index is 14.7. The number of thiazole rings is 2. The highest BCUT2D eigenvalue weighted by atomic mass is 35.5. The number of anilines is 1. The van der Waals surface area contributed by atoms with Crippen LogP contribution in [0, 0.1) is 11.6 Å². The average Bonchev–Trinajstić information content (AvgIpc) is 3.85. The van der Waals surface area contributed by atoms with Crippen LogP contribution in [0.2, 0.25) is 5.02 Å². The minimum atomic E-state index is -1.24. The summed E-state index contributed by atoms with van der Waals surface area (Å²) in [5, 5.41) is 17.0. The fourth-order valence-corrected chi connectivity index (χ4v) is 7.82. The summed E-state index contributed by atoms with van der Waals surface area (Å²) in [5.74, 6) is -2.67. The number of esters is 1. The van der Waals surface area contributed by atoms with Gasteiger partial charge in [0.2, 0.25) is 0 Å². The number of piperazine rings is 1. The van der Waals surface area contributed by atoms with Gasteiger partial charge < -0.3 is 20.1 Å². The molecule has 7 rings (SSSR count). The third-order valence-corrected chi connectivity index (χ3v) is 10.4. The fourth-order valence-electron chi connectivity index (χ4n) is 6.13.